The minimum absolute atomic E-state index is 0.134. The van der Waals surface area contributed by atoms with Crippen LogP contribution in [0.5, 0.6) is 0 Å². The normalized spacial score (nSPS) is 12.6. The van der Waals surface area contributed by atoms with E-state index in [0.29, 0.717) is 31.2 Å². The van der Waals surface area contributed by atoms with Gasteiger partial charge in [-0.05, 0) is 26.8 Å². The topological polar surface area (TPSA) is 71.7 Å². The van der Waals surface area contributed by atoms with Crippen molar-refractivity contribution < 1.29 is 19.1 Å². The third kappa shape index (κ3) is 4.20. The molecule has 0 radical (unpaired) electrons. The molecule has 0 saturated carbocycles. The van der Waals surface area contributed by atoms with Crippen LogP contribution in [0.4, 0.5) is 0 Å². The fourth-order valence-electron chi connectivity index (χ4n) is 1.59. The Morgan fingerprint density at radius 3 is 2.88 bits per heavy atom. The van der Waals surface area contributed by atoms with Gasteiger partial charge in [0.05, 0.1) is 12.6 Å². The van der Waals surface area contributed by atoms with Crippen LogP contribution in [0.1, 0.15) is 35.7 Å². The van der Waals surface area contributed by atoms with Crippen molar-refractivity contribution >= 4 is 5.97 Å². The van der Waals surface area contributed by atoms with Crippen LogP contribution in [0, 0.1) is 6.92 Å². The van der Waals surface area contributed by atoms with E-state index in [1.807, 2.05) is 13.8 Å². The van der Waals surface area contributed by atoms with Crippen LogP contribution in [0.2, 0.25) is 0 Å². The molecule has 17 heavy (non-hydrogen) atoms. The number of carboxylic acids is 1. The van der Waals surface area contributed by atoms with Gasteiger partial charge in [0.25, 0.3) is 0 Å². The predicted octanol–water partition coefficient (Wildman–Crippen LogP) is 1.80. The molecule has 0 aliphatic rings. The van der Waals surface area contributed by atoms with Gasteiger partial charge in [0.1, 0.15) is 17.1 Å². The second kappa shape index (κ2) is 6.42. The van der Waals surface area contributed by atoms with E-state index < -0.39 is 5.97 Å². The molecule has 1 rings (SSSR count). The summed E-state index contributed by atoms with van der Waals surface area (Å²) in [5.74, 6) is 0.107. The van der Waals surface area contributed by atoms with E-state index in [2.05, 4.69) is 5.32 Å². The highest BCUT2D eigenvalue weighted by Gasteiger charge is 2.13. The molecule has 0 fully saturated rings. The molecule has 0 saturated heterocycles. The minimum atomic E-state index is -0.958. The van der Waals surface area contributed by atoms with Crippen molar-refractivity contribution in [3.05, 3.63) is 23.2 Å². The summed E-state index contributed by atoms with van der Waals surface area (Å²) in [6.07, 6.45) is 0.134. The van der Waals surface area contributed by atoms with Gasteiger partial charge in [-0.1, -0.05) is 0 Å². The summed E-state index contributed by atoms with van der Waals surface area (Å²) in [5.41, 5.74) is 0.222. The second-order valence-corrected chi connectivity index (χ2v) is 3.88. The Morgan fingerprint density at radius 1 is 1.65 bits per heavy atom. The molecule has 96 valence electrons. The van der Waals surface area contributed by atoms with Crippen molar-refractivity contribution in [2.24, 2.45) is 0 Å². The monoisotopic (exact) mass is 241 g/mol. The Labute approximate surface area is 101 Å². The number of nitrogens with one attached hydrogen (secondary N) is 1. The molecule has 0 aliphatic heterocycles. The molecule has 0 amide bonds. The van der Waals surface area contributed by atoms with Gasteiger partial charge in [-0.15, -0.1) is 0 Å². The zero-order valence-corrected chi connectivity index (χ0v) is 10.4. The van der Waals surface area contributed by atoms with Gasteiger partial charge < -0.3 is 19.6 Å². The Kier molecular flexibility index (Phi) is 5.18. The number of aryl methyl sites for hydroxylation is 1. The Hall–Kier alpha value is -1.33. The number of ether oxygens (including phenoxy) is 1. The number of aromatic carboxylic acids is 1. The number of hydrogen-bond donors (Lipinski definition) is 2. The molecule has 0 aliphatic carbocycles. The summed E-state index contributed by atoms with van der Waals surface area (Å²) >= 11 is 0. The lowest BCUT2D eigenvalue weighted by Gasteiger charge is -2.11. The average molecular weight is 241 g/mol. The van der Waals surface area contributed by atoms with Gasteiger partial charge in [-0.3, -0.25) is 0 Å². The van der Waals surface area contributed by atoms with E-state index in [0.717, 1.165) is 0 Å². The number of carboxylic acid groups (broad SMARTS) is 1. The number of hydrogen-bond acceptors (Lipinski definition) is 4. The van der Waals surface area contributed by atoms with Crippen LogP contribution < -0.4 is 5.32 Å². The quantitative estimate of drug-likeness (QED) is 0.761. The van der Waals surface area contributed by atoms with Gasteiger partial charge in [-0.2, -0.15) is 0 Å². The van der Waals surface area contributed by atoms with Crippen molar-refractivity contribution in [2.45, 2.75) is 33.4 Å². The molecule has 1 unspecified atom stereocenters. The average Bonchev–Trinajstić information content (AvgIpc) is 2.60. The van der Waals surface area contributed by atoms with Gasteiger partial charge in [0, 0.05) is 13.2 Å². The molecule has 0 spiro atoms. The standard InChI is InChI=1S/C12H19NO4/c1-4-16-8(2)6-13-7-10-5-11(12(14)15)9(3)17-10/h5,8,13H,4,6-7H2,1-3H3,(H,14,15). The van der Waals surface area contributed by atoms with Crippen molar-refractivity contribution in [1.29, 1.82) is 0 Å². The van der Waals surface area contributed by atoms with E-state index in [9.17, 15) is 4.79 Å². The first-order valence-corrected chi connectivity index (χ1v) is 5.69. The van der Waals surface area contributed by atoms with Gasteiger partial charge in [-0.25, -0.2) is 4.79 Å². The first kappa shape index (κ1) is 13.7. The summed E-state index contributed by atoms with van der Waals surface area (Å²) in [4.78, 5) is 10.8. The fraction of sp³-hybridized carbons (Fsp3) is 0.583. The maximum atomic E-state index is 10.8. The second-order valence-electron chi connectivity index (χ2n) is 3.88. The first-order valence-electron chi connectivity index (χ1n) is 5.69. The maximum Gasteiger partial charge on any atom is 0.339 e. The summed E-state index contributed by atoms with van der Waals surface area (Å²) in [7, 11) is 0. The van der Waals surface area contributed by atoms with Crippen LogP contribution in [0.25, 0.3) is 0 Å². The summed E-state index contributed by atoms with van der Waals surface area (Å²) < 4.78 is 10.7. The highest BCUT2D eigenvalue weighted by Crippen LogP contribution is 2.14. The minimum Gasteiger partial charge on any atom is -0.478 e. The van der Waals surface area contributed by atoms with Crippen LogP contribution in [-0.2, 0) is 11.3 Å². The van der Waals surface area contributed by atoms with Crippen molar-refractivity contribution in [1.82, 2.24) is 5.32 Å². The summed E-state index contributed by atoms with van der Waals surface area (Å²) in [5, 5.41) is 12.0. The van der Waals surface area contributed by atoms with Crippen molar-refractivity contribution in [3.8, 4) is 0 Å². The van der Waals surface area contributed by atoms with E-state index >= 15 is 0 Å². The number of furan rings is 1. The molecule has 1 aromatic heterocycles. The first-order chi connectivity index (χ1) is 8.04. The molecular weight excluding hydrogens is 222 g/mol. The smallest absolute Gasteiger partial charge is 0.339 e. The van der Waals surface area contributed by atoms with Crippen LogP contribution in [0.3, 0.4) is 0 Å². The molecule has 1 heterocycles. The molecule has 5 nitrogen and oxygen atoms in total. The Balaban J connectivity index is 2.42. The molecule has 5 heteroatoms. The summed E-state index contributed by atoms with van der Waals surface area (Å²) in [6, 6.07) is 1.55. The molecule has 2 N–H and O–H groups in total. The van der Waals surface area contributed by atoms with E-state index in [-0.39, 0.29) is 11.7 Å². The Bertz CT molecular complexity index is 373. The molecular formula is C12H19NO4. The largest absolute Gasteiger partial charge is 0.478 e. The van der Waals surface area contributed by atoms with Gasteiger partial charge in [0.15, 0.2) is 0 Å². The maximum absolute atomic E-state index is 10.8. The number of carbonyl (C=O) groups is 1. The van der Waals surface area contributed by atoms with Gasteiger partial charge in [0.2, 0.25) is 0 Å². The SMILES string of the molecule is CCOC(C)CNCc1cc(C(=O)O)c(C)o1. The third-order valence-electron chi connectivity index (χ3n) is 2.38. The van der Waals surface area contributed by atoms with E-state index in [1.165, 1.54) is 0 Å². The summed E-state index contributed by atoms with van der Waals surface area (Å²) in [6.45, 7) is 7.47. The fourth-order valence-corrected chi connectivity index (χ4v) is 1.59. The molecule has 1 aromatic rings. The molecule has 1 atom stereocenters. The lowest BCUT2D eigenvalue weighted by molar-refractivity contribution is 0.0694. The zero-order chi connectivity index (χ0) is 12.8. The zero-order valence-electron chi connectivity index (χ0n) is 10.4. The van der Waals surface area contributed by atoms with E-state index in [1.54, 1.807) is 13.0 Å². The van der Waals surface area contributed by atoms with Crippen LogP contribution in [0.15, 0.2) is 10.5 Å². The third-order valence-corrected chi connectivity index (χ3v) is 2.38. The Morgan fingerprint density at radius 2 is 2.35 bits per heavy atom. The lowest BCUT2D eigenvalue weighted by Crippen LogP contribution is -2.26. The van der Waals surface area contributed by atoms with Crippen LogP contribution in [-0.4, -0.2) is 30.3 Å². The highest BCUT2D eigenvalue weighted by molar-refractivity contribution is 5.88. The highest BCUT2D eigenvalue weighted by atomic mass is 16.5. The van der Waals surface area contributed by atoms with Crippen molar-refractivity contribution in [2.75, 3.05) is 13.2 Å². The molecule has 0 bridgehead atoms. The van der Waals surface area contributed by atoms with Crippen LogP contribution >= 0.6 is 0 Å². The van der Waals surface area contributed by atoms with E-state index in [4.69, 9.17) is 14.3 Å². The predicted molar refractivity (Wildman–Crippen MR) is 63.2 cm³/mol. The molecule has 0 aromatic carbocycles. The van der Waals surface area contributed by atoms with Gasteiger partial charge >= 0.3 is 5.97 Å². The van der Waals surface area contributed by atoms with Crippen molar-refractivity contribution in [3.63, 3.8) is 0 Å². The number of rotatable bonds is 7. The lowest BCUT2D eigenvalue weighted by atomic mass is 10.2.